The number of aliphatic carboxylic acids is 1. The SMILES string of the molecule is C=C(C)c1ccccc1.C=CC(=O)O.C=CC(=O)OCC. The highest BCUT2D eigenvalue weighted by atomic mass is 16.5. The van der Waals surface area contributed by atoms with Crippen LogP contribution in [-0.2, 0) is 14.3 Å². The highest BCUT2D eigenvalue weighted by Gasteiger charge is 1.87. The molecule has 114 valence electrons. The van der Waals surface area contributed by atoms with E-state index in [1.165, 1.54) is 5.56 Å². The molecule has 4 heteroatoms. The molecule has 21 heavy (non-hydrogen) atoms. The average Bonchev–Trinajstić information content (AvgIpc) is 2.49. The molecule has 0 aliphatic carbocycles. The van der Waals surface area contributed by atoms with E-state index in [0.717, 1.165) is 17.7 Å². The van der Waals surface area contributed by atoms with Gasteiger partial charge in [0.2, 0.25) is 0 Å². The van der Waals surface area contributed by atoms with Gasteiger partial charge in [-0.2, -0.15) is 0 Å². The van der Waals surface area contributed by atoms with Crippen LogP contribution in [0.5, 0.6) is 0 Å². The number of hydrogen-bond donors (Lipinski definition) is 1. The molecule has 0 aromatic heterocycles. The fraction of sp³-hybridized carbons (Fsp3) is 0.176. The van der Waals surface area contributed by atoms with Crippen molar-refractivity contribution in [2.75, 3.05) is 6.61 Å². The molecule has 0 aliphatic rings. The Hall–Kier alpha value is -2.62. The third-order valence-corrected chi connectivity index (χ3v) is 1.89. The molecule has 1 rings (SSSR count). The van der Waals surface area contributed by atoms with Crippen LogP contribution >= 0.6 is 0 Å². The highest BCUT2D eigenvalue weighted by Crippen LogP contribution is 2.08. The van der Waals surface area contributed by atoms with Gasteiger partial charge in [0.15, 0.2) is 0 Å². The Labute approximate surface area is 126 Å². The number of rotatable bonds is 4. The average molecular weight is 290 g/mol. The molecule has 1 aromatic carbocycles. The Morgan fingerprint density at radius 1 is 1.19 bits per heavy atom. The quantitative estimate of drug-likeness (QED) is 0.678. The van der Waals surface area contributed by atoms with Crippen LogP contribution in [0.25, 0.3) is 5.57 Å². The fourth-order valence-corrected chi connectivity index (χ4v) is 0.924. The first-order valence-corrected chi connectivity index (χ1v) is 6.24. The van der Waals surface area contributed by atoms with Crippen molar-refractivity contribution in [3.63, 3.8) is 0 Å². The van der Waals surface area contributed by atoms with Gasteiger partial charge >= 0.3 is 11.9 Å². The second-order valence-electron chi connectivity index (χ2n) is 3.64. The maximum atomic E-state index is 10.1. The van der Waals surface area contributed by atoms with Crippen molar-refractivity contribution < 1.29 is 19.4 Å². The van der Waals surface area contributed by atoms with Crippen molar-refractivity contribution in [2.45, 2.75) is 13.8 Å². The number of esters is 1. The number of carboxylic acids is 1. The maximum absolute atomic E-state index is 10.1. The summed E-state index contributed by atoms with van der Waals surface area (Å²) >= 11 is 0. The van der Waals surface area contributed by atoms with Crippen LogP contribution in [0.2, 0.25) is 0 Å². The van der Waals surface area contributed by atoms with Gasteiger partial charge in [-0.15, -0.1) is 0 Å². The second-order valence-corrected chi connectivity index (χ2v) is 3.64. The number of ether oxygens (including phenoxy) is 1. The highest BCUT2D eigenvalue weighted by molar-refractivity contribution is 5.81. The minimum Gasteiger partial charge on any atom is -0.478 e. The van der Waals surface area contributed by atoms with Crippen molar-refractivity contribution in [3.8, 4) is 0 Å². The molecule has 0 saturated carbocycles. The number of carboxylic acid groups (broad SMARTS) is 1. The first kappa shape index (κ1) is 20.7. The molecular formula is C17H22O4. The summed E-state index contributed by atoms with van der Waals surface area (Å²) in [4.78, 5) is 19.3. The Morgan fingerprint density at radius 2 is 1.67 bits per heavy atom. The van der Waals surface area contributed by atoms with Gasteiger partial charge < -0.3 is 9.84 Å². The lowest BCUT2D eigenvalue weighted by molar-refractivity contribution is -0.137. The lowest BCUT2D eigenvalue weighted by Crippen LogP contribution is -1.97. The molecule has 4 nitrogen and oxygen atoms in total. The Balaban J connectivity index is 0. The smallest absolute Gasteiger partial charge is 0.330 e. The molecule has 0 amide bonds. The minimum atomic E-state index is -0.981. The van der Waals surface area contributed by atoms with Crippen LogP contribution in [0.3, 0.4) is 0 Å². The second kappa shape index (κ2) is 13.8. The van der Waals surface area contributed by atoms with Crippen LogP contribution in [0.4, 0.5) is 0 Å². The van der Waals surface area contributed by atoms with Crippen LogP contribution in [0.15, 0.2) is 62.2 Å². The number of carbonyl (C=O) groups excluding carboxylic acids is 1. The Bertz CT molecular complexity index is 461. The molecule has 1 aromatic rings. The molecule has 0 atom stereocenters. The van der Waals surface area contributed by atoms with E-state index in [1.54, 1.807) is 6.92 Å². The topological polar surface area (TPSA) is 63.6 Å². The van der Waals surface area contributed by atoms with Gasteiger partial charge in [0.25, 0.3) is 0 Å². The van der Waals surface area contributed by atoms with E-state index in [-0.39, 0.29) is 5.97 Å². The summed E-state index contributed by atoms with van der Waals surface area (Å²) in [6.07, 6.45) is 1.98. The first-order chi connectivity index (χ1) is 9.88. The summed E-state index contributed by atoms with van der Waals surface area (Å²) in [5.41, 5.74) is 2.34. The summed E-state index contributed by atoms with van der Waals surface area (Å²) in [7, 11) is 0. The van der Waals surface area contributed by atoms with Crippen molar-refractivity contribution in [1.82, 2.24) is 0 Å². The van der Waals surface area contributed by atoms with Crippen LogP contribution in [0, 0.1) is 0 Å². The summed E-state index contributed by atoms with van der Waals surface area (Å²) in [6, 6.07) is 10.2. The molecule has 0 saturated heterocycles. The van der Waals surface area contributed by atoms with Gasteiger partial charge in [-0.05, 0) is 19.4 Å². The third-order valence-electron chi connectivity index (χ3n) is 1.89. The zero-order valence-corrected chi connectivity index (χ0v) is 12.5. The van der Waals surface area contributed by atoms with Gasteiger partial charge in [0.05, 0.1) is 6.61 Å². The van der Waals surface area contributed by atoms with Crippen molar-refractivity contribution in [2.24, 2.45) is 0 Å². The third kappa shape index (κ3) is 15.3. The van der Waals surface area contributed by atoms with Gasteiger partial charge in [-0.1, -0.05) is 55.6 Å². The molecular weight excluding hydrogens is 268 g/mol. The van der Waals surface area contributed by atoms with E-state index in [4.69, 9.17) is 5.11 Å². The normalized spacial score (nSPS) is 7.90. The summed E-state index contributed by atoms with van der Waals surface area (Å²) in [6.45, 7) is 14.2. The predicted molar refractivity (Wildman–Crippen MR) is 85.8 cm³/mol. The van der Waals surface area contributed by atoms with Crippen LogP contribution in [-0.4, -0.2) is 23.7 Å². The van der Waals surface area contributed by atoms with Gasteiger partial charge in [0, 0.05) is 12.2 Å². The van der Waals surface area contributed by atoms with Gasteiger partial charge in [-0.3, -0.25) is 0 Å². The predicted octanol–water partition coefficient (Wildman–Crippen LogP) is 3.71. The lowest BCUT2D eigenvalue weighted by Gasteiger charge is -1.94. The van der Waals surface area contributed by atoms with E-state index in [2.05, 4.69) is 36.6 Å². The fourth-order valence-electron chi connectivity index (χ4n) is 0.924. The largest absolute Gasteiger partial charge is 0.478 e. The molecule has 0 heterocycles. The monoisotopic (exact) mass is 290 g/mol. The zero-order chi connectivity index (χ0) is 16.7. The number of hydrogen-bond acceptors (Lipinski definition) is 3. The standard InChI is InChI=1S/C9H10.C5H8O2.C3H4O2/c1-8(2)9-6-4-3-5-7-9;1-3-5(6)7-4-2;1-2-3(4)5/h3-7H,1H2,2H3;3H,1,4H2,2H3;2H,1H2,(H,4,5). The van der Waals surface area contributed by atoms with Crippen molar-refractivity contribution in [1.29, 1.82) is 0 Å². The van der Waals surface area contributed by atoms with Crippen LogP contribution < -0.4 is 0 Å². The first-order valence-electron chi connectivity index (χ1n) is 6.24. The molecule has 0 aliphatic heterocycles. The van der Waals surface area contributed by atoms with Crippen LogP contribution in [0.1, 0.15) is 19.4 Å². The van der Waals surface area contributed by atoms with E-state index >= 15 is 0 Å². The van der Waals surface area contributed by atoms with Gasteiger partial charge in [0.1, 0.15) is 0 Å². The maximum Gasteiger partial charge on any atom is 0.330 e. The number of allylic oxidation sites excluding steroid dienone is 1. The van der Waals surface area contributed by atoms with E-state index < -0.39 is 5.97 Å². The summed E-state index contributed by atoms with van der Waals surface area (Å²) in [5.74, 6) is -1.34. The summed E-state index contributed by atoms with van der Waals surface area (Å²) < 4.78 is 4.43. The van der Waals surface area contributed by atoms with Crippen molar-refractivity contribution in [3.05, 3.63) is 67.8 Å². The van der Waals surface area contributed by atoms with Crippen molar-refractivity contribution >= 4 is 17.5 Å². The van der Waals surface area contributed by atoms with Gasteiger partial charge in [-0.25, -0.2) is 9.59 Å². The Morgan fingerprint density at radius 3 is 1.86 bits per heavy atom. The zero-order valence-electron chi connectivity index (χ0n) is 12.5. The number of carbonyl (C=O) groups is 2. The molecule has 0 fully saturated rings. The molecule has 0 radical (unpaired) electrons. The molecule has 0 bridgehead atoms. The molecule has 1 N–H and O–H groups in total. The van der Waals surface area contributed by atoms with E-state index in [1.807, 2.05) is 25.1 Å². The van der Waals surface area contributed by atoms with E-state index in [9.17, 15) is 9.59 Å². The lowest BCUT2D eigenvalue weighted by atomic mass is 10.1. The molecule has 0 spiro atoms. The summed E-state index contributed by atoms with van der Waals surface area (Å²) in [5, 5.41) is 7.60. The number of benzene rings is 1. The Kier molecular flexibility index (Phi) is 13.6. The molecule has 0 unspecified atom stereocenters. The minimum absolute atomic E-state index is 0.359. The van der Waals surface area contributed by atoms with E-state index in [0.29, 0.717) is 6.61 Å².